The van der Waals surface area contributed by atoms with Crippen molar-refractivity contribution in [2.45, 2.75) is 12.5 Å². The molecule has 0 amide bonds. The number of benzene rings is 1. The number of rotatable bonds is 5. The number of aliphatic hydroxyl groups excluding tert-OH is 1. The maximum Gasteiger partial charge on any atom is 0.150 e. The molecule has 0 radical (unpaired) electrons. The summed E-state index contributed by atoms with van der Waals surface area (Å²) < 4.78 is 22.6. The number of nitriles is 1. The molecule has 6 heteroatoms. The Balaban J connectivity index is 1.77. The van der Waals surface area contributed by atoms with Gasteiger partial charge in [0.1, 0.15) is 0 Å². The lowest BCUT2D eigenvalue weighted by Crippen LogP contribution is -2.28. The van der Waals surface area contributed by atoms with Crippen LogP contribution in [0.3, 0.4) is 0 Å². The Kier molecular flexibility index (Phi) is 4.76. The molecule has 1 fully saturated rings. The van der Waals surface area contributed by atoms with Gasteiger partial charge in [-0.15, -0.1) is 0 Å². The van der Waals surface area contributed by atoms with Crippen molar-refractivity contribution in [2.75, 3.05) is 24.6 Å². The smallest absolute Gasteiger partial charge is 0.150 e. The Labute approximate surface area is 119 Å². The summed E-state index contributed by atoms with van der Waals surface area (Å²) in [4.78, 5) is 0. The fraction of sp³-hybridized carbons (Fsp3) is 0.500. The summed E-state index contributed by atoms with van der Waals surface area (Å²) in [5.74, 6) is 0.665. The first-order valence-corrected chi connectivity index (χ1v) is 8.41. The summed E-state index contributed by atoms with van der Waals surface area (Å²) in [6.45, 7) is 0.981. The number of hydrogen-bond donors (Lipinski definition) is 2. The Morgan fingerprint density at radius 2 is 2.10 bits per heavy atom. The van der Waals surface area contributed by atoms with Crippen LogP contribution in [-0.4, -0.2) is 38.1 Å². The van der Waals surface area contributed by atoms with Crippen LogP contribution in [0, 0.1) is 17.2 Å². The summed E-state index contributed by atoms with van der Waals surface area (Å²) in [5, 5.41) is 21.8. The molecule has 2 N–H and O–H groups in total. The van der Waals surface area contributed by atoms with Crippen molar-refractivity contribution in [3.8, 4) is 6.07 Å². The van der Waals surface area contributed by atoms with Crippen LogP contribution in [0.15, 0.2) is 24.3 Å². The van der Waals surface area contributed by atoms with E-state index in [2.05, 4.69) is 5.32 Å². The van der Waals surface area contributed by atoms with Crippen molar-refractivity contribution >= 4 is 9.84 Å². The highest BCUT2D eigenvalue weighted by atomic mass is 32.2. The predicted molar refractivity (Wildman–Crippen MR) is 75.7 cm³/mol. The van der Waals surface area contributed by atoms with Crippen molar-refractivity contribution in [1.29, 1.82) is 5.26 Å². The van der Waals surface area contributed by atoms with Gasteiger partial charge in [0.15, 0.2) is 9.84 Å². The Morgan fingerprint density at radius 3 is 2.65 bits per heavy atom. The molecular formula is C14H18N2O3S. The molecule has 1 aliphatic heterocycles. The lowest BCUT2D eigenvalue weighted by atomic mass is 10.1. The van der Waals surface area contributed by atoms with E-state index in [-0.39, 0.29) is 17.4 Å². The Bertz CT molecular complexity index is 590. The molecule has 2 unspecified atom stereocenters. The second-order valence-electron chi connectivity index (χ2n) is 5.18. The molecule has 1 heterocycles. The summed E-state index contributed by atoms with van der Waals surface area (Å²) in [6.07, 6.45) is 0.0446. The highest BCUT2D eigenvalue weighted by Gasteiger charge is 2.27. The van der Waals surface area contributed by atoms with E-state index in [1.165, 1.54) is 0 Å². The van der Waals surface area contributed by atoms with Gasteiger partial charge in [-0.3, -0.25) is 0 Å². The van der Waals surface area contributed by atoms with Gasteiger partial charge in [-0.2, -0.15) is 5.26 Å². The van der Waals surface area contributed by atoms with E-state index < -0.39 is 15.9 Å². The largest absolute Gasteiger partial charge is 0.387 e. The van der Waals surface area contributed by atoms with Gasteiger partial charge in [-0.1, -0.05) is 12.1 Å². The molecule has 0 aromatic heterocycles. The average Bonchev–Trinajstić information content (AvgIpc) is 2.78. The number of hydrogen-bond acceptors (Lipinski definition) is 5. The molecule has 5 nitrogen and oxygen atoms in total. The van der Waals surface area contributed by atoms with E-state index in [1.54, 1.807) is 24.3 Å². The predicted octanol–water partition coefficient (Wildman–Crippen LogP) is 0.616. The Morgan fingerprint density at radius 1 is 1.40 bits per heavy atom. The number of aliphatic hydroxyl groups is 1. The zero-order valence-corrected chi connectivity index (χ0v) is 11.9. The van der Waals surface area contributed by atoms with Gasteiger partial charge in [-0.25, -0.2) is 8.42 Å². The van der Waals surface area contributed by atoms with Crippen molar-refractivity contribution in [3.05, 3.63) is 35.4 Å². The van der Waals surface area contributed by atoms with Crippen molar-refractivity contribution in [1.82, 2.24) is 5.32 Å². The van der Waals surface area contributed by atoms with Gasteiger partial charge in [0.2, 0.25) is 0 Å². The van der Waals surface area contributed by atoms with E-state index in [9.17, 15) is 13.5 Å². The van der Waals surface area contributed by atoms with E-state index in [4.69, 9.17) is 5.26 Å². The standard InChI is InChI=1S/C14H18N2O3S/c15-7-11-1-3-13(4-2-11)14(17)9-16-8-12-5-6-20(18,19)10-12/h1-4,12,14,16-17H,5-6,8-10H2. The minimum atomic E-state index is -2.84. The van der Waals surface area contributed by atoms with E-state index in [0.717, 1.165) is 5.56 Å². The Hall–Kier alpha value is -1.42. The number of nitrogens with one attached hydrogen (secondary N) is 1. The molecule has 2 atom stereocenters. The highest BCUT2D eigenvalue weighted by molar-refractivity contribution is 7.91. The molecular weight excluding hydrogens is 276 g/mol. The maximum absolute atomic E-state index is 11.3. The van der Waals surface area contributed by atoms with E-state index >= 15 is 0 Å². The molecule has 1 aliphatic rings. The summed E-state index contributed by atoms with van der Waals surface area (Å²) in [7, 11) is -2.84. The third-order valence-electron chi connectivity index (χ3n) is 3.52. The minimum Gasteiger partial charge on any atom is -0.387 e. The third kappa shape index (κ3) is 4.04. The first-order valence-electron chi connectivity index (χ1n) is 6.59. The molecule has 108 valence electrons. The topological polar surface area (TPSA) is 90.2 Å². The lowest BCUT2D eigenvalue weighted by molar-refractivity contribution is 0.173. The monoisotopic (exact) mass is 294 g/mol. The molecule has 0 bridgehead atoms. The van der Waals surface area contributed by atoms with Gasteiger partial charge in [0.25, 0.3) is 0 Å². The van der Waals surface area contributed by atoms with Gasteiger partial charge < -0.3 is 10.4 Å². The molecule has 1 aromatic carbocycles. The molecule has 0 spiro atoms. The van der Waals surface area contributed by atoms with Crippen LogP contribution in [0.1, 0.15) is 23.7 Å². The second-order valence-corrected chi connectivity index (χ2v) is 7.41. The van der Waals surface area contributed by atoms with Crippen LogP contribution in [0.5, 0.6) is 0 Å². The van der Waals surface area contributed by atoms with Gasteiger partial charge in [0.05, 0.1) is 29.2 Å². The maximum atomic E-state index is 11.3. The van der Waals surface area contributed by atoms with Gasteiger partial charge in [-0.05, 0) is 36.6 Å². The molecule has 1 saturated heterocycles. The van der Waals surface area contributed by atoms with Crippen LogP contribution in [0.2, 0.25) is 0 Å². The summed E-state index contributed by atoms with van der Waals surface area (Å²) >= 11 is 0. The summed E-state index contributed by atoms with van der Waals surface area (Å²) in [6, 6.07) is 8.82. The van der Waals surface area contributed by atoms with E-state index in [0.29, 0.717) is 25.1 Å². The van der Waals surface area contributed by atoms with Crippen LogP contribution >= 0.6 is 0 Å². The minimum absolute atomic E-state index is 0.146. The van der Waals surface area contributed by atoms with Crippen LogP contribution < -0.4 is 5.32 Å². The highest BCUT2D eigenvalue weighted by Crippen LogP contribution is 2.18. The van der Waals surface area contributed by atoms with Crippen LogP contribution in [0.4, 0.5) is 0 Å². The van der Waals surface area contributed by atoms with Gasteiger partial charge >= 0.3 is 0 Å². The second kappa shape index (κ2) is 6.35. The number of nitrogens with zero attached hydrogens (tertiary/aromatic N) is 1. The summed E-state index contributed by atoms with van der Waals surface area (Å²) in [5.41, 5.74) is 1.31. The molecule has 0 saturated carbocycles. The normalized spacial score (nSPS) is 22.3. The fourth-order valence-electron chi connectivity index (χ4n) is 2.35. The average molecular weight is 294 g/mol. The molecule has 20 heavy (non-hydrogen) atoms. The fourth-order valence-corrected chi connectivity index (χ4v) is 4.22. The van der Waals surface area contributed by atoms with Crippen molar-refractivity contribution in [2.24, 2.45) is 5.92 Å². The van der Waals surface area contributed by atoms with E-state index in [1.807, 2.05) is 6.07 Å². The molecule has 0 aliphatic carbocycles. The number of sulfone groups is 1. The molecule has 1 aromatic rings. The zero-order valence-electron chi connectivity index (χ0n) is 11.1. The van der Waals surface area contributed by atoms with Crippen LogP contribution in [-0.2, 0) is 9.84 Å². The third-order valence-corrected chi connectivity index (χ3v) is 5.36. The first kappa shape index (κ1) is 15.0. The van der Waals surface area contributed by atoms with Gasteiger partial charge in [0, 0.05) is 6.54 Å². The SMILES string of the molecule is N#Cc1ccc(C(O)CNCC2CCS(=O)(=O)C2)cc1. The van der Waals surface area contributed by atoms with Crippen molar-refractivity contribution < 1.29 is 13.5 Å². The quantitative estimate of drug-likeness (QED) is 0.830. The molecule has 2 rings (SSSR count). The lowest BCUT2D eigenvalue weighted by Gasteiger charge is -2.14. The van der Waals surface area contributed by atoms with Crippen LogP contribution in [0.25, 0.3) is 0 Å². The first-order chi connectivity index (χ1) is 9.50. The zero-order chi connectivity index (χ0) is 14.6. The van der Waals surface area contributed by atoms with Crippen molar-refractivity contribution in [3.63, 3.8) is 0 Å².